The van der Waals surface area contributed by atoms with E-state index in [1.54, 1.807) is 4.90 Å². The fourth-order valence-corrected chi connectivity index (χ4v) is 3.63. The van der Waals surface area contributed by atoms with E-state index in [0.29, 0.717) is 32.7 Å². The van der Waals surface area contributed by atoms with Crippen LogP contribution in [0.3, 0.4) is 0 Å². The number of amides is 2. The van der Waals surface area contributed by atoms with Crippen LogP contribution >= 0.6 is 0 Å². The Morgan fingerprint density at radius 1 is 1.07 bits per heavy atom. The predicted octanol–water partition coefficient (Wildman–Crippen LogP) is 2.86. The van der Waals surface area contributed by atoms with Gasteiger partial charge in [-0.05, 0) is 17.2 Å². The Kier molecular flexibility index (Phi) is 6.29. The number of hydrogen-bond donors (Lipinski definition) is 2. The number of hydrogen-bond acceptors (Lipinski definition) is 4. The number of morpholine rings is 1. The lowest BCUT2D eigenvalue weighted by Gasteiger charge is -2.30. The second-order valence-corrected chi connectivity index (χ2v) is 7.26. The van der Waals surface area contributed by atoms with Gasteiger partial charge in [-0.2, -0.15) is 0 Å². The third-order valence-corrected chi connectivity index (χ3v) is 5.22. The van der Waals surface area contributed by atoms with Crippen molar-refractivity contribution in [3.63, 3.8) is 0 Å². The van der Waals surface area contributed by atoms with Crippen LogP contribution in [-0.2, 0) is 27.3 Å². The van der Waals surface area contributed by atoms with Crippen LogP contribution in [0.1, 0.15) is 11.1 Å². The molecule has 0 radical (unpaired) electrons. The van der Waals surface area contributed by atoms with Crippen LogP contribution < -0.4 is 5.32 Å². The number of benzene rings is 2. The molecule has 7 heteroatoms. The smallest absolute Gasteiger partial charge is 0.408 e. The Balaban J connectivity index is 1.47. The molecule has 0 aliphatic carbocycles. The second kappa shape index (κ2) is 9.45. The molecular formula is C23H25N3O4. The summed E-state index contributed by atoms with van der Waals surface area (Å²) in [6, 6.07) is 16.6. The summed E-state index contributed by atoms with van der Waals surface area (Å²) >= 11 is 0. The third-order valence-electron chi connectivity index (χ3n) is 5.22. The molecule has 2 amide bonds. The SMILES string of the molecule is O=C(NC(Cc1c[nH]c2ccccc12)C(=O)N1CCOCC1)OCc1ccccc1. The van der Waals surface area contributed by atoms with Crippen LogP contribution in [0, 0.1) is 0 Å². The summed E-state index contributed by atoms with van der Waals surface area (Å²) in [5.41, 5.74) is 2.86. The molecule has 7 nitrogen and oxygen atoms in total. The molecule has 2 heterocycles. The summed E-state index contributed by atoms with van der Waals surface area (Å²) < 4.78 is 10.7. The lowest BCUT2D eigenvalue weighted by atomic mass is 10.0. The topological polar surface area (TPSA) is 83.7 Å². The summed E-state index contributed by atoms with van der Waals surface area (Å²) in [6.45, 7) is 2.19. The average molecular weight is 407 g/mol. The van der Waals surface area contributed by atoms with Crippen molar-refractivity contribution in [2.45, 2.75) is 19.1 Å². The van der Waals surface area contributed by atoms with Gasteiger partial charge in [0.05, 0.1) is 13.2 Å². The number of aromatic amines is 1. The van der Waals surface area contributed by atoms with E-state index in [2.05, 4.69) is 10.3 Å². The fourth-order valence-electron chi connectivity index (χ4n) is 3.63. The molecule has 1 saturated heterocycles. The maximum Gasteiger partial charge on any atom is 0.408 e. The standard InChI is InChI=1S/C23H25N3O4/c27-22(26-10-12-29-13-11-26)21(14-18-15-24-20-9-5-4-8-19(18)20)25-23(28)30-16-17-6-2-1-3-7-17/h1-9,15,21,24H,10-14,16H2,(H,25,28). The number of para-hydroxylation sites is 1. The number of aromatic nitrogens is 1. The van der Waals surface area contributed by atoms with Crippen LogP contribution in [0.25, 0.3) is 10.9 Å². The van der Waals surface area contributed by atoms with Crippen LogP contribution in [0.2, 0.25) is 0 Å². The number of carbonyl (C=O) groups excluding carboxylic acids is 2. The van der Waals surface area contributed by atoms with Crippen molar-refractivity contribution in [2.24, 2.45) is 0 Å². The van der Waals surface area contributed by atoms with Crippen molar-refractivity contribution < 1.29 is 19.1 Å². The minimum absolute atomic E-state index is 0.125. The monoisotopic (exact) mass is 407 g/mol. The Morgan fingerprint density at radius 3 is 2.60 bits per heavy atom. The highest BCUT2D eigenvalue weighted by atomic mass is 16.5. The van der Waals surface area contributed by atoms with Crippen molar-refractivity contribution in [3.8, 4) is 0 Å². The lowest BCUT2D eigenvalue weighted by molar-refractivity contribution is -0.137. The normalized spacial score (nSPS) is 15.0. The van der Waals surface area contributed by atoms with Crippen molar-refractivity contribution >= 4 is 22.9 Å². The van der Waals surface area contributed by atoms with Gasteiger partial charge < -0.3 is 24.7 Å². The van der Waals surface area contributed by atoms with E-state index in [9.17, 15) is 9.59 Å². The van der Waals surface area contributed by atoms with Gasteiger partial charge in [0, 0.05) is 36.6 Å². The molecule has 0 saturated carbocycles. The van der Waals surface area contributed by atoms with Crippen molar-refractivity contribution in [1.82, 2.24) is 15.2 Å². The van der Waals surface area contributed by atoms with Gasteiger partial charge >= 0.3 is 6.09 Å². The number of fused-ring (bicyclic) bond motifs is 1. The third kappa shape index (κ3) is 4.80. The van der Waals surface area contributed by atoms with Crippen LogP contribution in [0.5, 0.6) is 0 Å². The van der Waals surface area contributed by atoms with E-state index in [-0.39, 0.29) is 12.5 Å². The first-order valence-electron chi connectivity index (χ1n) is 10.1. The van der Waals surface area contributed by atoms with Crippen molar-refractivity contribution in [2.75, 3.05) is 26.3 Å². The maximum absolute atomic E-state index is 13.2. The molecule has 3 aromatic rings. The molecule has 1 aliphatic rings. The highest BCUT2D eigenvalue weighted by Crippen LogP contribution is 2.20. The van der Waals surface area contributed by atoms with Gasteiger partial charge in [0.2, 0.25) is 5.91 Å². The zero-order valence-corrected chi connectivity index (χ0v) is 16.7. The molecule has 156 valence electrons. The molecule has 0 spiro atoms. The van der Waals surface area contributed by atoms with Crippen LogP contribution in [0.15, 0.2) is 60.8 Å². The zero-order valence-electron chi connectivity index (χ0n) is 16.7. The number of rotatable bonds is 6. The predicted molar refractivity (Wildman–Crippen MR) is 113 cm³/mol. The van der Waals surface area contributed by atoms with Crippen molar-refractivity contribution in [1.29, 1.82) is 0 Å². The molecule has 1 fully saturated rings. The number of carbonyl (C=O) groups is 2. The van der Waals surface area contributed by atoms with Gasteiger partial charge in [-0.15, -0.1) is 0 Å². The van der Waals surface area contributed by atoms with Gasteiger partial charge in [-0.1, -0.05) is 48.5 Å². The Hall–Kier alpha value is -3.32. The highest BCUT2D eigenvalue weighted by Gasteiger charge is 2.28. The number of nitrogens with one attached hydrogen (secondary N) is 2. The number of nitrogens with zero attached hydrogens (tertiary/aromatic N) is 1. The maximum atomic E-state index is 13.2. The first-order valence-corrected chi connectivity index (χ1v) is 10.1. The van der Waals surface area contributed by atoms with Gasteiger partial charge in [0.15, 0.2) is 0 Å². The Bertz CT molecular complexity index is 996. The molecule has 2 aromatic carbocycles. The highest BCUT2D eigenvalue weighted by molar-refractivity contribution is 5.88. The van der Waals surface area contributed by atoms with Gasteiger partial charge in [-0.3, -0.25) is 4.79 Å². The summed E-state index contributed by atoms with van der Waals surface area (Å²) in [5.74, 6) is -0.125. The van der Waals surface area contributed by atoms with E-state index >= 15 is 0 Å². The van der Waals surface area contributed by atoms with E-state index in [1.165, 1.54) is 0 Å². The summed E-state index contributed by atoms with van der Waals surface area (Å²) in [6.07, 6.45) is 1.66. The van der Waals surface area contributed by atoms with Gasteiger partial charge in [0.1, 0.15) is 12.6 Å². The largest absolute Gasteiger partial charge is 0.445 e. The zero-order chi connectivity index (χ0) is 20.8. The first kappa shape index (κ1) is 20.0. The molecule has 2 N–H and O–H groups in total. The summed E-state index contributed by atoms with van der Waals surface area (Å²) in [4.78, 5) is 30.6. The average Bonchev–Trinajstić information content (AvgIpc) is 3.21. The quantitative estimate of drug-likeness (QED) is 0.658. The molecule has 1 atom stereocenters. The molecule has 1 aromatic heterocycles. The number of ether oxygens (including phenoxy) is 2. The number of alkyl carbamates (subject to hydrolysis) is 1. The molecule has 1 unspecified atom stereocenters. The summed E-state index contributed by atoms with van der Waals surface area (Å²) in [5, 5.41) is 3.82. The van der Waals surface area contributed by atoms with Gasteiger partial charge in [-0.25, -0.2) is 4.79 Å². The molecular weight excluding hydrogens is 382 g/mol. The minimum atomic E-state index is -0.717. The fraction of sp³-hybridized carbons (Fsp3) is 0.304. The first-order chi connectivity index (χ1) is 14.7. The minimum Gasteiger partial charge on any atom is -0.445 e. The summed E-state index contributed by atoms with van der Waals surface area (Å²) in [7, 11) is 0. The van der Waals surface area contributed by atoms with Gasteiger partial charge in [0.25, 0.3) is 0 Å². The lowest BCUT2D eigenvalue weighted by Crippen LogP contribution is -2.52. The van der Waals surface area contributed by atoms with E-state index in [4.69, 9.17) is 9.47 Å². The molecule has 1 aliphatic heterocycles. The van der Waals surface area contributed by atoms with Crippen LogP contribution in [-0.4, -0.2) is 54.2 Å². The molecule has 0 bridgehead atoms. The van der Waals surface area contributed by atoms with Crippen LogP contribution in [0.4, 0.5) is 4.79 Å². The molecule has 30 heavy (non-hydrogen) atoms. The van der Waals surface area contributed by atoms with E-state index in [0.717, 1.165) is 22.0 Å². The second-order valence-electron chi connectivity index (χ2n) is 7.26. The van der Waals surface area contributed by atoms with Crippen molar-refractivity contribution in [3.05, 3.63) is 71.9 Å². The van der Waals surface area contributed by atoms with E-state index < -0.39 is 12.1 Å². The molecule has 4 rings (SSSR count). The Labute approximate surface area is 175 Å². The number of H-pyrrole nitrogens is 1. The van der Waals surface area contributed by atoms with E-state index in [1.807, 2.05) is 60.8 Å². The Morgan fingerprint density at radius 2 is 1.80 bits per heavy atom.